The predicted octanol–water partition coefficient (Wildman–Crippen LogP) is 1.75. The second-order valence-corrected chi connectivity index (χ2v) is 3.05. The molecule has 12 heavy (non-hydrogen) atoms. The number of rotatable bonds is 3. The molecule has 0 atom stereocenters. The van der Waals surface area contributed by atoms with Crippen molar-refractivity contribution in [3.05, 3.63) is 18.2 Å². The second-order valence-electron chi connectivity index (χ2n) is 2.26. The van der Waals surface area contributed by atoms with Crippen LogP contribution in [-0.4, -0.2) is 17.0 Å². The summed E-state index contributed by atoms with van der Waals surface area (Å²) in [4.78, 5) is 0. The number of nitrogens with two attached hydrogens (primary N) is 1. The fourth-order valence-electron chi connectivity index (χ4n) is 0.779. The molecule has 1 aromatic carbocycles. The molecule has 0 aliphatic rings. The van der Waals surface area contributed by atoms with Gasteiger partial charge in [0.2, 0.25) is 0 Å². The number of phenolic OH excluding ortho intramolecular Hbond substituents is 1. The Labute approximate surface area is 79.3 Å². The van der Waals surface area contributed by atoms with Crippen LogP contribution in [-0.2, 0) is 0 Å². The van der Waals surface area contributed by atoms with Crippen molar-refractivity contribution in [3.8, 4) is 11.5 Å². The molecule has 0 fully saturated rings. The van der Waals surface area contributed by atoms with Gasteiger partial charge in [0.1, 0.15) is 11.5 Å². The van der Waals surface area contributed by atoms with E-state index in [1.54, 1.807) is 12.1 Å². The van der Waals surface area contributed by atoms with Crippen LogP contribution in [0.15, 0.2) is 18.2 Å². The van der Waals surface area contributed by atoms with Gasteiger partial charge >= 0.3 is 0 Å². The summed E-state index contributed by atoms with van der Waals surface area (Å²) in [6.07, 6.45) is 0. The smallest absolute Gasteiger partial charge is 0.138 e. The van der Waals surface area contributed by atoms with Crippen LogP contribution < -0.4 is 10.5 Å². The number of hydrogen-bond donors (Lipinski definition) is 2. The minimum atomic E-state index is 0.0844. The van der Waals surface area contributed by atoms with Crippen LogP contribution in [0.4, 0.5) is 5.69 Å². The number of ether oxygens (including phenoxy) is 1. The lowest BCUT2D eigenvalue weighted by molar-refractivity contribution is 0.344. The first-order valence-electron chi connectivity index (χ1n) is 3.51. The van der Waals surface area contributed by atoms with E-state index in [-0.39, 0.29) is 5.75 Å². The lowest BCUT2D eigenvalue weighted by atomic mass is 10.3. The van der Waals surface area contributed by atoms with Gasteiger partial charge in [-0.3, -0.25) is 0 Å². The van der Waals surface area contributed by atoms with Crippen molar-refractivity contribution in [2.24, 2.45) is 0 Å². The highest BCUT2D eigenvalue weighted by Gasteiger charge is 1.98. The molecule has 0 heterocycles. The maximum atomic E-state index is 9.08. The van der Waals surface area contributed by atoms with Crippen LogP contribution >= 0.6 is 15.9 Å². The van der Waals surface area contributed by atoms with Gasteiger partial charge in [-0.05, 0) is 12.1 Å². The highest BCUT2D eigenvalue weighted by molar-refractivity contribution is 9.09. The largest absolute Gasteiger partial charge is 0.506 e. The molecule has 0 aromatic heterocycles. The predicted molar refractivity (Wildman–Crippen MR) is 51.8 cm³/mol. The van der Waals surface area contributed by atoms with Gasteiger partial charge in [-0.1, -0.05) is 15.9 Å². The van der Waals surface area contributed by atoms with Gasteiger partial charge in [-0.2, -0.15) is 0 Å². The van der Waals surface area contributed by atoms with E-state index in [0.717, 1.165) is 5.33 Å². The zero-order valence-electron chi connectivity index (χ0n) is 6.46. The minimum absolute atomic E-state index is 0.0844. The van der Waals surface area contributed by atoms with E-state index >= 15 is 0 Å². The molecule has 0 bridgehead atoms. The molecule has 3 nitrogen and oxygen atoms in total. The van der Waals surface area contributed by atoms with Crippen molar-refractivity contribution in [3.63, 3.8) is 0 Å². The first kappa shape index (κ1) is 9.19. The van der Waals surface area contributed by atoms with Crippen molar-refractivity contribution in [1.82, 2.24) is 0 Å². The fraction of sp³-hybridized carbons (Fsp3) is 0.250. The summed E-state index contributed by atoms with van der Waals surface area (Å²) >= 11 is 3.23. The average Bonchev–Trinajstić information content (AvgIpc) is 2.07. The number of phenols is 1. The van der Waals surface area contributed by atoms with E-state index in [2.05, 4.69) is 15.9 Å². The Morgan fingerprint density at radius 3 is 2.83 bits per heavy atom. The van der Waals surface area contributed by atoms with E-state index < -0.39 is 0 Å². The molecule has 0 unspecified atom stereocenters. The van der Waals surface area contributed by atoms with Crippen LogP contribution in [0.1, 0.15) is 0 Å². The zero-order valence-corrected chi connectivity index (χ0v) is 8.04. The lowest BCUT2D eigenvalue weighted by Crippen LogP contribution is -1.98. The molecule has 0 saturated carbocycles. The van der Waals surface area contributed by atoms with Crippen LogP contribution in [0.2, 0.25) is 0 Å². The molecule has 0 amide bonds. The number of benzene rings is 1. The highest BCUT2D eigenvalue weighted by atomic mass is 79.9. The minimum Gasteiger partial charge on any atom is -0.506 e. The van der Waals surface area contributed by atoms with Gasteiger partial charge in [0.05, 0.1) is 12.3 Å². The fourth-order valence-corrected chi connectivity index (χ4v) is 0.941. The van der Waals surface area contributed by atoms with Crippen molar-refractivity contribution < 1.29 is 9.84 Å². The summed E-state index contributed by atoms with van der Waals surface area (Å²) in [5.74, 6) is 0.756. The number of nitrogen functional groups attached to an aromatic ring is 1. The molecular formula is C8H10BrNO2. The topological polar surface area (TPSA) is 55.5 Å². The molecule has 1 aromatic rings. The van der Waals surface area contributed by atoms with E-state index in [4.69, 9.17) is 15.6 Å². The van der Waals surface area contributed by atoms with Gasteiger partial charge < -0.3 is 15.6 Å². The molecule has 66 valence electrons. The Morgan fingerprint density at radius 2 is 2.25 bits per heavy atom. The molecule has 4 heteroatoms. The van der Waals surface area contributed by atoms with E-state index in [1.165, 1.54) is 6.07 Å². The average molecular weight is 232 g/mol. The van der Waals surface area contributed by atoms with Gasteiger partial charge in [0, 0.05) is 11.4 Å². The molecule has 3 N–H and O–H groups in total. The van der Waals surface area contributed by atoms with Crippen molar-refractivity contribution in [1.29, 1.82) is 0 Å². The monoisotopic (exact) mass is 231 g/mol. The number of anilines is 1. The normalized spacial score (nSPS) is 9.75. The van der Waals surface area contributed by atoms with Crippen LogP contribution in [0, 0.1) is 0 Å². The van der Waals surface area contributed by atoms with Crippen LogP contribution in [0.25, 0.3) is 0 Å². The Bertz CT molecular complexity index is 265. The van der Waals surface area contributed by atoms with Crippen molar-refractivity contribution >= 4 is 21.6 Å². The Kier molecular flexibility index (Phi) is 3.22. The van der Waals surface area contributed by atoms with Gasteiger partial charge in [-0.15, -0.1) is 0 Å². The summed E-state index contributed by atoms with van der Waals surface area (Å²) < 4.78 is 5.25. The molecule has 0 aliphatic heterocycles. The van der Waals surface area contributed by atoms with Crippen LogP contribution in [0.3, 0.4) is 0 Å². The molecule has 0 radical (unpaired) electrons. The molecule has 0 saturated heterocycles. The molecule has 0 aliphatic carbocycles. The van der Waals surface area contributed by atoms with Gasteiger partial charge in [-0.25, -0.2) is 0 Å². The summed E-state index contributed by atoms with van der Waals surface area (Å²) in [6, 6.07) is 4.78. The zero-order chi connectivity index (χ0) is 8.97. The third kappa shape index (κ3) is 2.30. The number of aromatic hydroxyl groups is 1. The quantitative estimate of drug-likeness (QED) is 0.474. The van der Waals surface area contributed by atoms with Crippen molar-refractivity contribution in [2.75, 3.05) is 17.7 Å². The second kappa shape index (κ2) is 4.21. The first-order chi connectivity index (χ1) is 5.74. The van der Waals surface area contributed by atoms with E-state index in [1.807, 2.05) is 0 Å². The maximum absolute atomic E-state index is 9.08. The molecule has 0 spiro atoms. The molecule has 1 rings (SSSR count). The van der Waals surface area contributed by atoms with Gasteiger partial charge in [0.15, 0.2) is 0 Å². The highest BCUT2D eigenvalue weighted by Crippen LogP contribution is 2.24. The number of hydrogen-bond acceptors (Lipinski definition) is 3. The van der Waals surface area contributed by atoms with Gasteiger partial charge in [0.25, 0.3) is 0 Å². The summed E-state index contributed by atoms with van der Waals surface area (Å²) in [5.41, 5.74) is 5.79. The Hall–Kier alpha value is -0.900. The van der Waals surface area contributed by atoms with Crippen LogP contribution in [0.5, 0.6) is 11.5 Å². The van der Waals surface area contributed by atoms with E-state index in [0.29, 0.717) is 18.0 Å². The summed E-state index contributed by atoms with van der Waals surface area (Å²) in [6.45, 7) is 0.588. The Morgan fingerprint density at radius 1 is 1.50 bits per heavy atom. The Balaban J connectivity index is 2.69. The summed E-state index contributed by atoms with van der Waals surface area (Å²) in [5, 5.41) is 9.85. The molecular weight excluding hydrogens is 222 g/mol. The van der Waals surface area contributed by atoms with E-state index in [9.17, 15) is 0 Å². The number of halogens is 1. The van der Waals surface area contributed by atoms with Crippen molar-refractivity contribution in [2.45, 2.75) is 0 Å². The third-order valence-electron chi connectivity index (χ3n) is 1.34. The SMILES string of the molecule is Nc1cc(OCCBr)ccc1O. The number of alkyl halides is 1. The standard InChI is InChI=1S/C8H10BrNO2/c9-3-4-12-6-1-2-8(11)7(10)5-6/h1-2,5,11H,3-4,10H2. The third-order valence-corrected chi connectivity index (χ3v) is 1.67. The maximum Gasteiger partial charge on any atom is 0.138 e. The lowest BCUT2D eigenvalue weighted by Gasteiger charge is -2.05. The summed E-state index contributed by atoms with van der Waals surface area (Å²) in [7, 11) is 0. The first-order valence-corrected chi connectivity index (χ1v) is 4.63.